The number of carbonyl (C=O) groups excluding carboxylic acids is 1. The topological polar surface area (TPSA) is 58.6 Å². The standard InChI is InChI=1S/C10H19NO3/c1-8(12)6-5-7-11-9(13)14-10(2,3)4/h12H,1,5-7H2,2-4H3,(H,11,13). The van der Waals surface area contributed by atoms with Gasteiger partial charge in [-0.05, 0) is 27.2 Å². The van der Waals surface area contributed by atoms with Gasteiger partial charge in [0.1, 0.15) is 5.60 Å². The van der Waals surface area contributed by atoms with Crippen LogP contribution in [0.1, 0.15) is 33.6 Å². The molecule has 0 saturated carbocycles. The fourth-order valence-corrected chi connectivity index (χ4v) is 0.797. The summed E-state index contributed by atoms with van der Waals surface area (Å²) in [5.74, 6) is 0.135. The Labute approximate surface area is 85.0 Å². The zero-order valence-electron chi connectivity index (χ0n) is 9.09. The van der Waals surface area contributed by atoms with E-state index in [4.69, 9.17) is 9.84 Å². The van der Waals surface area contributed by atoms with E-state index >= 15 is 0 Å². The van der Waals surface area contributed by atoms with Gasteiger partial charge in [-0.15, -0.1) is 0 Å². The summed E-state index contributed by atoms with van der Waals surface area (Å²) in [6, 6.07) is 0. The highest BCUT2D eigenvalue weighted by molar-refractivity contribution is 5.67. The van der Waals surface area contributed by atoms with Crippen LogP contribution in [0.15, 0.2) is 12.3 Å². The highest BCUT2D eigenvalue weighted by atomic mass is 16.6. The van der Waals surface area contributed by atoms with E-state index in [0.717, 1.165) is 0 Å². The van der Waals surface area contributed by atoms with Crippen LogP contribution >= 0.6 is 0 Å². The van der Waals surface area contributed by atoms with Crippen molar-refractivity contribution in [3.8, 4) is 0 Å². The Hall–Kier alpha value is -1.19. The predicted molar refractivity (Wildman–Crippen MR) is 55.2 cm³/mol. The molecule has 0 heterocycles. The minimum absolute atomic E-state index is 0.135. The Morgan fingerprint density at radius 1 is 1.50 bits per heavy atom. The normalized spacial score (nSPS) is 10.8. The lowest BCUT2D eigenvalue weighted by Gasteiger charge is -2.19. The number of rotatable bonds is 4. The van der Waals surface area contributed by atoms with E-state index in [2.05, 4.69) is 11.9 Å². The van der Waals surface area contributed by atoms with Gasteiger partial charge < -0.3 is 15.2 Å². The summed E-state index contributed by atoms with van der Waals surface area (Å²) in [4.78, 5) is 11.1. The molecule has 4 nitrogen and oxygen atoms in total. The molecule has 14 heavy (non-hydrogen) atoms. The molecule has 4 heteroatoms. The van der Waals surface area contributed by atoms with Crippen molar-refractivity contribution in [2.45, 2.75) is 39.2 Å². The molecule has 0 spiro atoms. The second-order valence-electron chi connectivity index (χ2n) is 4.10. The Balaban J connectivity index is 3.50. The summed E-state index contributed by atoms with van der Waals surface area (Å²) in [7, 11) is 0. The number of allylic oxidation sites excluding steroid dienone is 1. The summed E-state index contributed by atoms with van der Waals surface area (Å²) in [5.41, 5.74) is -0.468. The average Bonchev–Trinajstić information content (AvgIpc) is 1.94. The molecule has 0 unspecified atom stereocenters. The maximum absolute atomic E-state index is 11.1. The van der Waals surface area contributed by atoms with Gasteiger partial charge in [0.2, 0.25) is 0 Å². The minimum atomic E-state index is -0.468. The van der Waals surface area contributed by atoms with Crippen molar-refractivity contribution in [3.05, 3.63) is 12.3 Å². The van der Waals surface area contributed by atoms with Gasteiger partial charge in [-0.3, -0.25) is 0 Å². The van der Waals surface area contributed by atoms with Crippen LogP contribution < -0.4 is 5.32 Å². The summed E-state index contributed by atoms with van der Waals surface area (Å²) < 4.78 is 5.01. The van der Waals surface area contributed by atoms with Crippen LogP contribution in [0, 0.1) is 0 Å². The first-order valence-electron chi connectivity index (χ1n) is 4.65. The maximum Gasteiger partial charge on any atom is 0.407 e. The van der Waals surface area contributed by atoms with Gasteiger partial charge in [-0.1, -0.05) is 6.58 Å². The summed E-state index contributed by atoms with van der Waals surface area (Å²) in [5, 5.41) is 11.3. The highest BCUT2D eigenvalue weighted by Crippen LogP contribution is 2.06. The van der Waals surface area contributed by atoms with Gasteiger partial charge in [-0.25, -0.2) is 4.79 Å². The van der Waals surface area contributed by atoms with Crippen molar-refractivity contribution >= 4 is 6.09 Å². The third-order valence-electron chi connectivity index (χ3n) is 1.31. The number of carbonyl (C=O) groups is 1. The van der Waals surface area contributed by atoms with Gasteiger partial charge in [0, 0.05) is 13.0 Å². The number of nitrogens with one attached hydrogen (secondary N) is 1. The molecule has 0 atom stereocenters. The first-order valence-corrected chi connectivity index (χ1v) is 4.65. The van der Waals surface area contributed by atoms with E-state index in [0.29, 0.717) is 19.4 Å². The Morgan fingerprint density at radius 3 is 2.50 bits per heavy atom. The van der Waals surface area contributed by atoms with Gasteiger partial charge in [0.05, 0.1) is 5.76 Å². The lowest BCUT2D eigenvalue weighted by Crippen LogP contribution is -2.33. The Morgan fingerprint density at radius 2 is 2.07 bits per heavy atom. The van der Waals surface area contributed by atoms with Crippen molar-refractivity contribution in [3.63, 3.8) is 0 Å². The summed E-state index contributed by atoms with van der Waals surface area (Å²) in [6.45, 7) is 9.25. The van der Waals surface area contributed by atoms with E-state index < -0.39 is 11.7 Å². The molecule has 2 N–H and O–H groups in total. The molecule has 0 fully saturated rings. The third-order valence-corrected chi connectivity index (χ3v) is 1.31. The lowest BCUT2D eigenvalue weighted by atomic mass is 10.2. The number of aliphatic hydroxyl groups excluding tert-OH is 1. The van der Waals surface area contributed by atoms with Crippen LogP contribution in [0.2, 0.25) is 0 Å². The van der Waals surface area contributed by atoms with E-state index in [1.54, 1.807) is 0 Å². The molecule has 0 aromatic carbocycles. The van der Waals surface area contributed by atoms with Gasteiger partial charge >= 0.3 is 6.09 Å². The van der Waals surface area contributed by atoms with Crippen LogP contribution in [0.5, 0.6) is 0 Å². The van der Waals surface area contributed by atoms with E-state index in [9.17, 15) is 4.79 Å². The molecule has 0 bridgehead atoms. The molecule has 82 valence electrons. The quantitative estimate of drug-likeness (QED) is 0.542. The molecule has 0 radical (unpaired) electrons. The van der Waals surface area contributed by atoms with Crippen molar-refractivity contribution in [1.82, 2.24) is 5.32 Å². The first kappa shape index (κ1) is 12.8. The second-order valence-corrected chi connectivity index (χ2v) is 4.10. The van der Waals surface area contributed by atoms with Crippen LogP contribution in [0.4, 0.5) is 4.79 Å². The summed E-state index contributed by atoms with van der Waals surface area (Å²) in [6.07, 6.45) is 0.728. The molecular formula is C10H19NO3. The van der Waals surface area contributed by atoms with E-state index in [-0.39, 0.29) is 5.76 Å². The van der Waals surface area contributed by atoms with Gasteiger partial charge in [0.25, 0.3) is 0 Å². The minimum Gasteiger partial charge on any atom is -0.513 e. The van der Waals surface area contributed by atoms with Crippen molar-refractivity contribution in [1.29, 1.82) is 0 Å². The largest absolute Gasteiger partial charge is 0.513 e. The maximum atomic E-state index is 11.1. The molecule has 0 aliphatic heterocycles. The van der Waals surface area contributed by atoms with E-state index in [1.807, 2.05) is 20.8 Å². The molecule has 0 aliphatic rings. The Kier molecular flexibility index (Phi) is 5.05. The number of ether oxygens (including phenoxy) is 1. The number of aliphatic hydroxyl groups is 1. The van der Waals surface area contributed by atoms with E-state index in [1.165, 1.54) is 0 Å². The number of hydrogen-bond donors (Lipinski definition) is 2. The molecular weight excluding hydrogens is 182 g/mol. The second kappa shape index (κ2) is 5.52. The molecule has 1 amide bonds. The molecule has 0 rings (SSSR count). The van der Waals surface area contributed by atoms with Crippen LogP contribution in [-0.4, -0.2) is 23.3 Å². The van der Waals surface area contributed by atoms with Crippen LogP contribution in [-0.2, 0) is 4.74 Å². The predicted octanol–water partition coefficient (Wildman–Crippen LogP) is 2.36. The zero-order valence-corrected chi connectivity index (χ0v) is 9.09. The van der Waals surface area contributed by atoms with Crippen molar-refractivity contribution in [2.24, 2.45) is 0 Å². The highest BCUT2D eigenvalue weighted by Gasteiger charge is 2.15. The van der Waals surface area contributed by atoms with Crippen LogP contribution in [0.3, 0.4) is 0 Å². The monoisotopic (exact) mass is 201 g/mol. The first-order chi connectivity index (χ1) is 6.31. The lowest BCUT2D eigenvalue weighted by molar-refractivity contribution is 0.0527. The van der Waals surface area contributed by atoms with Crippen molar-refractivity contribution in [2.75, 3.05) is 6.54 Å². The number of alkyl carbamates (subject to hydrolysis) is 1. The summed E-state index contributed by atoms with van der Waals surface area (Å²) >= 11 is 0. The fourth-order valence-electron chi connectivity index (χ4n) is 0.797. The third kappa shape index (κ3) is 8.90. The smallest absolute Gasteiger partial charge is 0.407 e. The average molecular weight is 201 g/mol. The van der Waals surface area contributed by atoms with Gasteiger partial charge in [0.15, 0.2) is 0 Å². The Bertz CT molecular complexity index is 206. The SMILES string of the molecule is C=C(O)CCCNC(=O)OC(C)(C)C. The molecule has 0 aliphatic carbocycles. The van der Waals surface area contributed by atoms with Crippen molar-refractivity contribution < 1.29 is 14.6 Å². The number of hydrogen-bond acceptors (Lipinski definition) is 3. The van der Waals surface area contributed by atoms with Crippen LogP contribution in [0.25, 0.3) is 0 Å². The zero-order chi connectivity index (χ0) is 11.2. The fraction of sp³-hybridized carbons (Fsp3) is 0.700. The molecule has 0 aromatic heterocycles. The molecule has 0 aromatic rings. The number of amides is 1. The van der Waals surface area contributed by atoms with Gasteiger partial charge in [-0.2, -0.15) is 0 Å². The molecule has 0 saturated heterocycles.